The number of alkyl halides is 4. The monoisotopic (exact) mass is 720 g/mol. The largest absolute Gasteiger partial charge is 0.444 e. The Bertz CT molecular complexity index is 2330. The minimum absolute atomic E-state index is 0.0895. The molecule has 1 aromatic heterocycles. The van der Waals surface area contributed by atoms with E-state index in [0.29, 0.717) is 41.1 Å². The molecule has 0 bridgehead atoms. The molecule has 4 aliphatic rings. The number of carbonyl (C=O) groups is 1. The molecule has 0 unspecified atom stereocenters. The normalized spacial score (nSPS) is 20.3. The second-order valence-corrected chi connectivity index (χ2v) is 16.0. The quantitative estimate of drug-likeness (QED) is 0.188. The van der Waals surface area contributed by atoms with Gasteiger partial charge in [0.15, 0.2) is 0 Å². The molecule has 0 radical (unpaired) electrons. The van der Waals surface area contributed by atoms with Crippen LogP contribution in [0.15, 0.2) is 77.8 Å². The number of imidazole rings is 1. The van der Waals surface area contributed by atoms with Crippen LogP contribution in [0.3, 0.4) is 0 Å². The number of amides is 1. The van der Waals surface area contributed by atoms with Crippen molar-refractivity contribution in [2.75, 3.05) is 6.54 Å². The van der Waals surface area contributed by atoms with Crippen molar-refractivity contribution >= 4 is 28.5 Å². The summed E-state index contributed by atoms with van der Waals surface area (Å²) in [6, 6.07) is 19.7. The number of nitrogens with one attached hydrogen (secondary N) is 1. The van der Waals surface area contributed by atoms with Gasteiger partial charge in [0.05, 0.1) is 22.8 Å². The Labute approximate surface area is 305 Å². The fourth-order valence-corrected chi connectivity index (χ4v) is 8.63. The van der Waals surface area contributed by atoms with Crippen LogP contribution in [0.4, 0.5) is 28.0 Å². The van der Waals surface area contributed by atoms with E-state index in [0.717, 1.165) is 59.5 Å². The van der Waals surface area contributed by atoms with Crippen LogP contribution in [-0.2, 0) is 23.0 Å². The number of fused-ring (bicyclic) bond motifs is 5. The molecular formula is C43H40F4N4O2. The zero-order valence-corrected chi connectivity index (χ0v) is 29.9. The predicted octanol–water partition coefficient (Wildman–Crippen LogP) is 11.4. The van der Waals surface area contributed by atoms with Gasteiger partial charge in [-0.25, -0.2) is 9.78 Å². The number of carbonyl (C=O) groups excluding carboxylic acids is 1. The molecule has 1 atom stereocenters. The number of halogens is 4. The van der Waals surface area contributed by atoms with Crippen molar-refractivity contribution in [1.82, 2.24) is 14.9 Å². The van der Waals surface area contributed by atoms with Gasteiger partial charge >= 0.3 is 17.9 Å². The van der Waals surface area contributed by atoms with Gasteiger partial charge in [-0.1, -0.05) is 49.2 Å². The molecule has 2 aliphatic carbocycles. The molecule has 1 saturated carbocycles. The SMILES string of the molecule is CC(C)(C)OC(=O)N1CCC[C@H]1C1=Nc2ccc(-c3ccc4c(c3)C(F)(F)C(F)(F)c3cc(-c5ccc6nc(C7CCCC7)[nH]c6c5)ccc3-4)cc2C1. The van der Waals surface area contributed by atoms with Gasteiger partial charge < -0.3 is 9.72 Å². The molecule has 2 fully saturated rings. The van der Waals surface area contributed by atoms with E-state index in [9.17, 15) is 4.79 Å². The lowest BCUT2D eigenvalue weighted by Crippen LogP contribution is -2.43. The summed E-state index contributed by atoms with van der Waals surface area (Å²) in [5.74, 6) is -7.56. The Kier molecular flexibility index (Phi) is 7.67. The van der Waals surface area contributed by atoms with Crippen LogP contribution in [0, 0.1) is 0 Å². The minimum Gasteiger partial charge on any atom is -0.444 e. The highest BCUT2D eigenvalue weighted by molar-refractivity contribution is 6.00. The van der Waals surface area contributed by atoms with Crippen LogP contribution in [0.25, 0.3) is 44.4 Å². The first-order valence-corrected chi connectivity index (χ1v) is 18.5. The molecule has 1 amide bonds. The van der Waals surface area contributed by atoms with Gasteiger partial charge in [0.1, 0.15) is 11.4 Å². The first kappa shape index (κ1) is 33.8. The summed E-state index contributed by atoms with van der Waals surface area (Å²) in [7, 11) is 0. The zero-order valence-electron chi connectivity index (χ0n) is 29.9. The molecule has 4 aromatic carbocycles. The van der Waals surface area contributed by atoms with Crippen LogP contribution in [0.2, 0.25) is 0 Å². The second kappa shape index (κ2) is 12.0. The van der Waals surface area contributed by atoms with E-state index < -0.39 is 28.6 Å². The van der Waals surface area contributed by atoms with Crippen molar-refractivity contribution in [2.45, 2.75) is 95.1 Å². The van der Waals surface area contributed by atoms with E-state index in [1.807, 2.05) is 45.0 Å². The average Bonchev–Trinajstić information content (AvgIpc) is 3.95. The lowest BCUT2D eigenvalue weighted by atomic mass is 9.78. The molecular weight excluding hydrogens is 680 g/mol. The van der Waals surface area contributed by atoms with E-state index in [-0.39, 0.29) is 23.3 Å². The topological polar surface area (TPSA) is 70.6 Å². The molecule has 272 valence electrons. The second-order valence-electron chi connectivity index (χ2n) is 16.0. The van der Waals surface area contributed by atoms with Crippen molar-refractivity contribution in [3.63, 3.8) is 0 Å². The maximum Gasteiger partial charge on any atom is 0.410 e. The lowest BCUT2D eigenvalue weighted by Gasteiger charge is -2.35. The third-order valence-electron chi connectivity index (χ3n) is 11.3. The van der Waals surface area contributed by atoms with Gasteiger partial charge in [0.2, 0.25) is 0 Å². The van der Waals surface area contributed by atoms with Gasteiger partial charge in [-0.2, -0.15) is 17.6 Å². The minimum atomic E-state index is -4.45. The van der Waals surface area contributed by atoms with Gasteiger partial charge in [-0.15, -0.1) is 0 Å². The van der Waals surface area contributed by atoms with Gasteiger partial charge in [0, 0.05) is 35.7 Å². The van der Waals surface area contributed by atoms with E-state index in [1.165, 1.54) is 37.1 Å². The van der Waals surface area contributed by atoms with Gasteiger partial charge in [-0.3, -0.25) is 9.89 Å². The molecule has 1 N–H and O–H groups in total. The van der Waals surface area contributed by atoms with Crippen LogP contribution >= 0.6 is 0 Å². The molecule has 6 nitrogen and oxygen atoms in total. The number of benzene rings is 4. The lowest BCUT2D eigenvalue weighted by molar-refractivity contribution is -0.225. The molecule has 3 heterocycles. The van der Waals surface area contributed by atoms with Crippen LogP contribution in [0.1, 0.15) is 87.7 Å². The number of hydrogen-bond donors (Lipinski definition) is 1. The molecule has 1 saturated heterocycles. The molecule has 0 spiro atoms. The summed E-state index contributed by atoms with van der Waals surface area (Å²) in [4.78, 5) is 27.7. The first-order chi connectivity index (χ1) is 25.3. The maximum absolute atomic E-state index is 16.1. The summed E-state index contributed by atoms with van der Waals surface area (Å²) in [6.07, 6.45) is 6.27. The fraction of sp³-hybridized carbons (Fsp3) is 0.372. The van der Waals surface area contributed by atoms with E-state index in [1.54, 1.807) is 29.2 Å². The Hall–Kier alpha value is -4.99. The zero-order chi connectivity index (χ0) is 36.9. The van der Waals surface area contributed by atoms with Crippen LogP contribution in [0.5, 0.6) is 0 Å². The summed E-state index contributed by atoms with van der Waals surface area (Å²) in [6.45, 7) is 6.09. The van der Waals surface area contributed by atoms with Crippen LogP contribution < -0.4 is 0 Å². The van der Waals surface area contributed by atoms with E-state index in [2.05, 4.69) is 4.98 Å². The average molecular weight is 721 g/mol. The van der Waals surface area contributed by atoms with Crippen LogP contribution in [-0.4, -0.2) is 44.9 Å². The Morgan fingerprint density at radius 1 is 0.792 bits per heavy atom. The summed E-state index contributed by atoms with van der Waals surface area (Å²) < 4.78 is 69.9. The number of hydrogen-bond acceptors (Lipinski definition) is 4. The van der Waals surface area contributed by atoms with Crippen molar-refractivity contribution in [1.29, 1.82) is 0 Å². The van der Waals surface area contributed by atoms with Gasteiger partial charge in [0.25, 0.3) is 0 Å². The number of nitrogens with zero attached hydrogens (tertiary/aromatic N) is 3. The van der Waals surface area contributed by atoms with Crippen molar-refractivity contribution in [2.24, 2.45) is 4.99 Å². The maximum atomic E-state index is 16.1. The first-order valence-electron chi connectivity index (χ1n) is 18.5. The number of likely N-dealkylation sites (tertiary alicyclic amines) is 1. The highest BCUT2D eigenvalue weighted by Gasteiger charge is 2.62. The summed E-state index contributed by atoms with van der Waals surface area (Å²) in [5.41, 5.74) is 4.40. The molecule has 5 aromatic rings. The van der Waals surface area contributed by atoms with Gasteiger partial charge in [-0.05, 0) is 122 Å². The fourth-order valence-electron chi connectivity index (χ4n) is 8.63. The van der Waals surface area contributed by atoms with Crippen molar-refractivity contribution in [3.05, 3.63) is 95.3 Å². The predicted molar refractivity (Wildman–Crippen MR) is 198 cm³/mol. The highest BCUT2D eigenvalue weighted by Crippen LogP contribution is 2.59. The number of aromatic nitrogens is 2. The number of rotatable bonds is 4. The molecule has 53 heavy (non-hydrogen) atoms. The third-order valence-corrected chi connectivity index (χ3v) is 11.3. The number of ether oxygens (including phenoxy) is 1. The highest BCUT2D eigenvalue weighted by atomic mass is 19.3. The number of aliphatic imine (C=N–C) groups is 1. The van der Waals surface area contributed by atoms with E-state index >= 15 is 17.6 Å². The third kappa shape index (κ3) is 5.63. The Morgan fingerprint density at radius 3 is 2.06 bits per heavy atom. The molecule has 10 heteroatoms. The Morgan fingerprint density at radius 2 is 1.40 bits per heavy atom. The van der Waals surface area contributed by atoms with Crippen molar-refractivity contribution < 1.29 is 27.1 Å². The number of aromatic amines is 1. The smallest absolute Gasteiger partial charge is 0.410 e. The Balaban J connectivity index is 1.00. The summed E-state index contributed by atoms with van der Waals surface area (Å²) >= 11 is 0. The standard InChI is InChI=1S/C43H40F4N4O2/c1-41(2,3)53-40(52)51-18-6-9-38(51)37-23-29-19-25(12-16-34(29)48-37)26-10-14-30-31-15-11-27(21-33(31)43(46,47)42(44,45)32(30)20-26)28-13-17-35-36(22-28)50-39(49-35)24-7-4-5-8-24/h10-17,19-22,24,38H,4-9,18,23H2,1-3H3,(H,49,50)/t38-/m0/s1. The number of H-pyrrole nitrogens is 1. The molecule has 9 rings (SSSR count). The summed E-state index contributed by atoms with van der Waals surface area (Å²) in [5, 5.41) is 0. The van der Waals surface area contributed by atoms with E-state index in [4.69, 9.17) is 14.7 Å². The van der Waals surface area contributed by atoms with Crippen molar-refractivity contribution in [3.8, 4) is 33.4 Å². The molecule has 2 aliphatic heterocycles.